The lowest BCUT2D eigenvalue weighted by Gasteiger charge is -2.36. The van der Waals surface area contributed by atoms with E-state index in [0.29, 0.717) is 12.0 Å². The van der Waals surface area contributed by atoms with Crippen molar-refractivity contribution >= 4 is 12.1 Å². The van der Waals surface area contributed by atoms with Crippen LogP contribution in [0.4, 0.5) is 0 Å². The fraction of sp³-hybridized carbons (Fsp3) is 0.125. The van der Waals surface area contributed by atoms with Crippen LogP contribution < -0.4 is 0 Å². The van der Waals surface area contributed by atoms with Gasteiger partial charge in [0.2, 0.25) is 5.91 Å². The lowest BCUT2D eigenvalue weighted by Crippen LogP contribution is -2.42. The number of rotatable bonds is 3. The van der Waals surface area contributed by atoms with Crippen LogP contribution in [-0.4, -0.2) is 22.2 Å². The smallest absolute Gasteiger partial charge is 0.245 e. The molecule has 2 aromatic rings. The lowest BCUT2D eigenvalue weighted by atomic mass is 9.96. The molecule has 1 amide bonds. The second-order valence-electron chi connectivity index (χ2n) is 4.67. The van der Waals surface area contributed by atoms with E-state index < -0.39 is 0 Å². The average Bonchev–Trinajstić information content (AvgIpc) is 2.47. The number of nitrogens with zero attached hydrogens (tertiary/aromatic N) is 2. The van der Waals surface area contributed by atoms with Gasteiger partial charge in [-0.05, 0) is 17.7 Å². The van der Waals surface area contributed by atoms with E-state index in [-0.39, 0.29) is 17.7 Å². The molecule has 0 unspecified atom stereocenters. The highest BCUT2D eigenvalue weighted by Gasteiger charge is 2.37. The van der Waals surface area contributed by atoms with Gasteiger partial charge in [-0.25, -0.2) is 5.01 Å². The monoisotopic (exact) mass is 266 g/mol. The third kappa shape index (κ3) is 2.28. The molecule has 100 valence electrons. The van der Waals surface area contributed by atoms with Crippen molar-refractivity contribution in [1.29, 1.82) is 0 Å². The van der Waals surface area contributed by atoms with Gasteiger partial charge < -0.3 is 5.11 Å². The van der Waals surface area contributed by atoms with Crippen LogP contribution >= 0.6 is 0 Å². The Morgan fingerprint density at radius 3 is 2.50 bits per heavy atom. The van der Waals surface area contributed by atoms with Crippen LogP contribution in [0.5, 0.6) is 5.75 Å². The molecule has 1 atom stereocenters. The summed E-state index contributed by atoms with van der Waals surface area (Å²) in [4.78, 5) is 11.7. The zero-order chi connectivity index (χ0) is 13.9. The number of β-lactam (4-membered cyclic amide) rings is 1. The first-order valence-corrected chi connectivity index (χ1v) is 6.44. The maximum atomic E-state index is 11.7. The highest BCUT2D eigenvalue weighted by atomic mass is 16.3. The molecule has 4 nitrogen and oxygen atoms in total. The summed E-state index contributed by atoms with van der Waals surface area (Å²) in [5, 5.41) is 15.3. The standard InChI is InChI=1S/C16H14N2O2/c19-15-9-5-4-8-13(15)11-17-18-14(10-16(18)20)12-6-2-1-3-7-12/h1-9,11,14,19H,10H2/b17-11-/t14-/m1/s1. The molecule has 1 aliphatic heterocycles. The first kappa shape index (κ1) is 12.4. The van der Waals surface area contributed by atoms with Crippen LogP contribution in [0.15, 0.2) is 59.7 Å². The second-order valence-corrected chi connectivity index (χ2v) is 4.67. The maximum absolute atomic E-state index is 11.7. The van der Waals surface area contributed by atoms with Gasteiger partial charge in [0, 0.05) is 5.56 Å². The summed E-state index contributed by atoms with van der Waals surface area (Å²) in [5.41, 5.74) is 1.67. The molecule has 1 fully saturated rings. The molecule has 1 saturated heterocycles. The number of carbonyl (C=O) groups is 1. The topological polar surface area (TPSA) is 52.9 Å². The van der Waals surface area contributed by atoms with Crippen LogP contribution in [0.1, 0.15) is 23.6 Å². The predicted molar refractivity (Wildman–Crippen MR) is 76.3 cm³/mol. The molecule has 0 aliphatic carbocycles. The second kappa shape index (κ2) is 5.17. The van der Waals surface area contributed by atoms with Gasteiger partial charge >= 0.3 is 0 Å². The summed E-state index contributed by atoms with van der Waals surface area (Å²) in [7, 11) is 0. The predicted octanol–water partition coefficient (Wildman–Crippen LogP) is 2.70. The quantitative estimate of drug-likeness (QED) is 0.686. The van der Waals surface area contributed by atoms with Gasteiger partial charge in [-0.15, -0.1) is 0 Å². The molecule has 0 aromatic heterocycles. The van der Waals surface area contributed by atoms with Crippen molar-refractivity contribution in [3.8, 4) is 5.75 Å². The number of carbonyl (C=O) groups excluding carboxylic acids is 1. The summed E-state index contributed by atoms with van der Waals surface area (Å²) in [6.45, 7) is 0. The molecule has 0 bridgehead atoms. The van der Waals surface area contributed by atoms with Crippen molar-refractivity contribution in [2.24, 2.45) is 5.10 Å². The van der Waals surface area contributed by atoms with Gasteiger partial charge in [-0.2, -0.15) is 5.10 Å². The van der Waals surface area contributed by atoms with Gasteiger partial charge in [0.25, 0.3) is 0 Å². The van der Waals surface area contributed by atoms with Gasteiger partial charge in [-0.1, -0.05) is 42.5 Å². The van der Waals surface area contributed by atoms with Crippen LogP contribution in [0, 0.1) is 0 Å². The first-order valence-electron chi connectivity index (χ1n) is 6.44. The van der Waals surface area contributed by atoms with Gasteiger partial charge in [0.15, 0.2) is 0 Å². The van der Waals surface area contributed by atoms with Crippen LogP contribution in [0.2, 0.25) is 0 Å². The number of aromatic hydroxyl groups is 1. The Labute approximate surface area is 117 Å². The molecular weight excluding hydrogens is 252 g/mol. The van der Waals surface area contributed by atoms with E-state index in [9.17, 15) is 9.90 Å². The molecule has 3 rings (SSSR count). The largest absolute Gasteiger partial charge is 0.507 e. The molecule has 0 spiro atoms. The molecule has 0 radical (unpaired) electrons. The minimum Gasteiger partial charge on any atom is -0.507 e. The fourth-order valence-corrected chi connectivity index (χ4v) is 2.21. The van der Waals surface area contributed by atoms with Gasteiger partial charge in [-0.3, -0.25) is 4.79 Å². The highest BCUT2D eigenvalue weighted by molar-refractivity contribution is 5.87. The molecule has 0 saturated carbocycles. The zero-order valence-electron chi connectivity index (χ0n) is 10.8. The van der Waals surface area contributed by atoms with Crippen molar-refractivity contribution in [3.63, 3.8) is 0 Å². The van der Waals surface area contributed by atoms with E-state index in [0.717, 1.165) is 5.56 Å². The normalized spacial score (nSPS) is 18.3. The van der Waals surface area contributed by atoms with E-state index in [1.54, 1.807) is 18.2 Å². The van der Waals surface area contributed by atoms with E-state index in [1.165, 1.54) is 11.2 Å². The summed E-state index contributed by atoms with van der Waals surface area (Å²) >= 11 is 0. The number of phenols is 1. The molecular formula is C16H14N2O2. The van der Waals surface area contributed by atoms with Crippen LogP contribution in [0.3, 0.4) is 0 Å². The Bertz CT molecular complexity index is 653. The summed E-state index contributed by atoms with van der Waals surface area (Å²) in [5.74, 6) is 0.144. The maximum Gasteiger partial charge on any atom is 0.245 e. The Hall–Kier alpha value is -2.62. The number of para-hydroxylation sites is 1. The minimum atomic E-state index is -0.00877. The minimum absolute atomic E-state index is 0.00851. The first-order chi connectivity index (χ1) is 9.75. The highest BCUT2D eigenvalue weighted by Crippen LogP contribution is 2.34. The summed E-state index contributed by atoms with van der Waals surface area (Å²) < 4.78 is 0. The molecule has 1 aliphatic rings. The van der Waals surface area contributed by atoms with Crippen molar-refractivity contribution < 1.29 is 9.90 Å². The molecule has 4 heteroatoms. The van der Waals surface area contributed by atoms with E-state index >= 15 is 0 Å². The number of hydrogen-bond acceptors (Lipinski definition) is 3. The van der Waals surface area contributed by atoms with Gasteiger partial charge in [0.05, 0.1) is 18.7 Å². The van der Waals surface area contributed by atoms with Gasteiger partial charge in [0.1, 0.15) is 5.75 Å². The summed E-state index contributed by atoms with van der Waals surface area (Å²) in [6.07, 6.45) is 1.99. The molecule has 1 heterocycles. The number of benzene rings is 2. The Balaban J connectivity index is 1.80. The third-order valence-corrected chi connectivity index (χ3v) is 3.36. The number of hydrazone groups is 1. The van der Waals surface area contributed by atoms with Crippen molar-refractivity contribution in [3.05, 3.63) is 65.7 Å². The van der Waals surface area contributed by atoms with E-state index in [1.807, 2.05) is 36.4 Å². The molecule has 20 heavy (non-hydrogen) atoms. The molecule has 2 aromatic carbocycles. The van der Waals surface area contributed by atoms with Crippen LogP contribution in [-0.2, 0) is 4.79 Å². The van der Waals surface area contributed by atoms with E-state index in [4.69, 9.17) is 0 Å². The van der Waals surface area contributed by atoms with Crippen LogP contribution in [0.25, 0.3) is 0 Å². The number of amides is 1. The number of hydrogen-bond donors (Lipinski definition) is 1. The summed E-state index contributed by atoms with van der Waals surface area (Å²) in [6, 6.07) is 16.7. The third-order valence-electron chi connectivity index (χ3n) is 3.36. The molecule has 1 N–H and O–H groups in total. The SMILES string of the molecule is O=C1C[C@H](c2ccccc2)N1/N=C\c1ccccc1O. The van der Waals surface area contributed by atoms with Crippen molar-refractivity contribution in [2.75, 3.05) is 0 Å². The van der Waals surface area contributed by atoms with Crippen molar-refractivity contribution in [1.82, 2.24) is 5.01 Å². The zero-order valence-corrected chi connectivity index (χ0v) is 10.8. The fourth-order valence-electron chi connectivity index (χ4n) is 2.21. The Kier molecular flexibility index (Phi) is 3.21. The Morgan fingerprint density at radius 1 is 1.10 bits per heavy atom. The Morgan fingerprint density at radius 2 is 1.80 bits per heavy atom. The van der Waals surface area contributed by atoms with Crippen molar-refractivity contribution in [2.45, 2.75) is 12.5 Å². The number of phenolic OH excluding ortho intramolecular Hbond substituents is 1. The lowest BCUT2D eigenvalue weighted by molar-refractivity contribution is -0.146. The van der Waals surface area contributed by atoms with E-state index in [2.05, 4.69) is 5.10 Å². The average molecular weight is 266 g/mol.